The van der Waals surface area contributed by atoms with Crippen molar-refractivity contribution in [3.63, 3.8) is 0 Å². The van der Waals surface area contributed by atoms with Crippen LogP contribution in [0.3, 0.4) is 0 Å². The van der Waals surface area contributed by atoms with Crippen molar-refractivity contribution in [2.75, 3.05) is 0 Å². The molecule has 1 aliphatic heterocycles. The van der Waals surface area contributed by atoms with Gasteiger partial charge in [0.25, 0.3) is 0 Å². The zero-order chi connectivity index (χ0) is 27.3. The molecule has 1 fully saturated rings. The topological polar surface area (TPSA) is 69.6 Å². The number of allylic oxidation sites excluding steroid dienone is 1. The van der Waals surface area contributed by atoms with E-state index in [9.17, 15) is 14.6 Å². The molecular formula is C31H45N2O3P. The number of ketones is 1. The van der Waals surface area contributed by atoms with E-state index in [1.807, 2.05) is 101 Å². The second kappa shape index (κ2) is 12.2. The summed E-state index contributed by atoms with van der Waals surface area (Å²) in [6.07, 6.45) is 7.23. The minimum Gasteiger partial charge on any atom is -0.313 e. The first-order valence-electron chi connectivity index (χ1n) is 13.5. The van der Waals surface area contributed by atoms with E-state index in [1.165, 1.54) is 5.06 Å². The summed E-state index contributed by atoms with van der Waals surface area (Å²) in [5.41, 5.74) is -0.713. The maximum Gasteiger partial charge on any atom is 0.205 e. The van der Waals surface area contributed by atoms with Gasteiger partial charge in [0.2, 0.25) is 7.29 Å². The number of piperidine rings is 1. The number of hydrogen-bond acceptors (Lipinski definition) is 4. The zero-order valence-corrected chi connectivity index (χ0v) is 24.2. The van der Waals surface area contributed by atoms with E-state index in [2.05, 4.69) is 18.9 Å². The van der Waals surface area contributed by atoms with Crippen molar-refractivity contribution in [1.29, 1.82) is 0 Å². The first kappa shape index (κ1) is 29.5. The molecule has 5 nitrogen and oxygen atoms in total. The molecule has 0 bridgehead atoms. The molecule has 1 unspecified atom stereocenters. The van der Waals surface area contributed by atoms with Crippen molar-refractivity contribution in [2.45, 2.75) is 90.8 Å². The Labute approximate surface area is 223 Å². The van der Waals surface area contributed by atoms with E-state index in [0.717, 1.165) is 29.9 Å². The van der Waals surface area contributed by atoms with Crippen LogP contribution in [-0.2, 0) is 9.36 Å². The second-order valence-electron chi connectivity index (χ2n) is 12.2. The molecular weight excluding hydrogens is 479 g/mol. The summed E-state index contributed by atoms with van der Waals surface area (Å²) in [7, 11) is -3.08. The van der Waals surface area contributed by atoms with Crippen molar-refractivity contribution in [1.82, 2.24) is 10.2 Å². The normalized spacial score (nSPS) is 19.4. The summed E-state index contributed by atoms with van der Waals surface area (Å²) in [6, 6.07) is 19.1. The molecule has 0 aliphatic carbocycles. The molecule has 2 aromatic carbocycles. The predicted molar refractivity (Wildman–Crippen MR) is 154 cm³/mol. The van der Waals surface area contributed by atoms with Gasteiger partial charge in [-0.15, -0.1) is 0 Å². The Kier molecular flexibility index (Phi) is 9.74. The number of nitrogens with zero attached hydrogens (tertiary/aromatic N) is 1. The summed E-state index contributed by atoms with van der Waals surface area (Å²) in [5.74, 6) is 0.845. The molecule has 1 saturated heterocycles. The number of nitrogens with one attached hydrogen (secondary N) is 1. The van der Waals surface area contributed by atoms with Crippen LogP contribution in [0.15, 0.2) is 72.8 Å². The van der Waals surface area contributed by atoms with Gasteiger partial charge in [0, 0.05) is 40.6 Å². The van der Waals surface area contributed by atoms with Gasteiger partial charge in [0.1, 0.15) is 5.78 Å². The summed E-state index contributed by atoms with van der Waals surface area (Å²) >= 11 is 0. The lowest BCUT2D eigenvalue weighted by Crippen LogP contribution is -2.59. The molecule has 6 heteroatoms. The van der Waals surface area contributed by atoms with Gasteiger partial charge in [-0.1, -0.05) is 62.4 Å². The first-order valence-corrected chi connectivity index (χ1v) is 15.2. The molecule has 37 heavy (non-hydrogen) atoms. The molecule has 202 valence electrons. The summed E-state index contributed by atoms with van der Waals surface area (Å²) < 4.78 is 14.5. The van der Waals surface area contributed by atoms with Gasteiger partial charge in [-0.2, -0.15) is 5.06 Å². The largest absolute Gasteiger partial charge is 0.313 e. The molecule has 0 saturated carbocycles. The van der Waals surface area contributed by atoms with Gasteiger partial charge in [0.05, 0.1) is 0 Å². The van der Waals surface area contributed by atoms with Crippen molar-refractivity contribution < 1.29 is 14.6 Å². The Hall–Kier alpha value is -2.04. The Morgan fingerprint density at radius 1 is 1.00 bits per heavy atom. The van der Waals surface area contributed by atoms with E-state index in [0.29, 0.717) is 18.8 Å². The molecule has 0 amide bonds. The van der Waals surface area contributed by atoms with Crippen LogP contribution in [0, 0.1) is 11.8 Å². The van der Waals surface area contributed by atoms with Gasteiger partial charge in [-0.3, -0.25) is 14.4 Å². The third-order valence-corrected chi connectivity index (χ3v) is 10.0. The molecule has 2 N–H and O–H groups in total. The maximum absolute atomic E-state index is 14.5. The third-order valence-electron chi connectivity index (χ3n) is 7.27. The van der Waals surface area contributed by atoms with Gasteiger partial charge in [0.15, 0.2) is 0 Å². The fourth-order valence-corrected chi connectivity index (χ4v) is 8.32. The van der Waals surface area contributed by atoms with Crippen LogP contribution in [-0.4, -0.2) is 33.2 Å². The molecule has 2 aromatic rings. The number of Topliss-reactive ketones (excluding diaryl/α,β-unsaturated/α-hetero) is 1. The number of hydrogen-bond donors (Lipinski definition) is 2. The van der Waals surface area contributed by atoms with E-state index < -0.39 is 7.29 Å². The quantitative estimate of drug-likeness (QED) is 0.260. The van der Waals surface area contributed by atoms with Crippen molar-refractivity contribution in [3.8, 4) is 0 Å². The van der Waals surface area contributed by atoms with Gasteiger partial charge >= 0.3 is 0 Å². The number of rotatable bonds is 11. The van der Waals surface area contributed by atoms with Crippen molar-refractivity contribution in [2.24, 2.45) is 11.8 Å². The molecule has 1 aliphatic rings. The smallest absolute Gasteiger partial charge is 0.205 e. The predicted octanol–water partition coefficient (Wildman–Crippen LogP) is 6.48. The third kappa shape index (κ3) is 7.74. The summed E-state index contributed by atoms with van der Waals surface area (Å²) in [4.78, 5) is 12.9. The van der Waals surface area contributed by atoms with E-state index in [-0.39, 0.29) is 28.8 Å². The minimum atomic E-state index is -3.08. The van der Waals surface area contributed by atoms with Crippen LogP contribution in [0.4, 0.5) is 0 Å². The van der Waals surface area contributed by atoms with Crippen LogP contribution < -0.4 is 15.7 Å². The van der Waals surface area contributed by atoms with E-state index >= 15 is 0 Å². The molecule has 3 rings (SSSR count). The Bertz CT molecular complexity index is 1030. The monoisotopic (exact) mass is 524 g/mol. The maximum atomic E-state index is 14.5. The molecule has 1 heterocycles. The lowest BCUT2D eigenvalue weighted by atomic mass is 9.73. The highest BCUT2D eigenvalue weighted by atomic mass is 31.2. The van der Waals surface area contributed by atoms with Crippen molar-refractivity contribution in [3.05, 3.63) is 72.8 Å². The summed E-state index contributed by atoms with van der Waals surface area (Å²) in [5, 5.41) is 17.1. The average Bonchev–Trinajstić information content (AvgIpc) is 2.82. The number of benzene rings is 2. The van der Waals surface area contributed by atoms with Crippen molar-refractivity contribution >= 4 is 23.7 Å². The molecule has 0 spiro atoms. The van der Waals surface area contributed by atoms with Crippen LogP contribution in [0.2, 0.25) is 0 Å². The number of carbonyl (C=O) groups excluding carboxylic acids is 1. The minimum absolute atomic E-state index is 0.130. The molecule has 1 atom stereocenters. The van der Waals surface area contributed by atoms with Crippen LogP contribution in [0.25, 0.3) is 0 Å². The lowest BCUT2D eigenvalue weighted by molar-refractivity contribution is -0.251. The highest BCUT2D eigenvalue weighted by molar-refractivity contribution is 7.76. The fourth-order valence-electron chi connectivity index (χ4n) is 5.88. The second-order valence-corrected chi connectivity index (χ2v) is 14.7. The Balaban J connectivity index is 1.73. The van der Waals surface area contributed by atoms with Gasteiger partial charge in [-0.25, -0.2) is 0 Å². The first-order chi connectivity index (χ1) is 17.3. The van der Waals surface area contributed by atoms with Crippen LogP contribution in [0.1, 0.15) is 73.6 Å². The van der Waals surface area contributed by atoms with Crippen LogP contribution in [0.5, 0.6) is 0 Å². The molecule has 0 radical (unpaired) electrons. The number of hydroxylamine groups is 2. The summed E-state index contributed by atoms with van der Waals surface area (Å²) in [6.45, 7) is 12.4. The SMILES string of the molecule is CC(C)CC(/C=C\CC(=O)CC1CC(C)(C)N(O)C(C)(C)C1)NP(=O)(c1ccccc1)c1ccccc1. The van der Waals surface area contributed by atoms with Crippen LogP contribution >= 0.6 is 7.29 Å². The molecule has 0 aromatic heterocycles. The van der Waals surface area contributed by atoms with E-state index in [4.69, 9.17) is 0 Å². The highest BCUT2D eigenvalue weighted by Gasteiger charge is 2.45. The Morgan fingerprint density at radius 3 is 1.95 bits per heavy atom. The van der Waals surface area contributed by atoms with E-state index in [1.54, 1.807) is 0 Å². The lowest BCUT2D eigenvalue weighted by Gasteiger charge is -2.51. The van der Waals surface area contributed by atoms with Gasteiger partial charge < -0.3 is 5.21 Å². The average molecular weight is 525 g/mol. The highest BCUT2D eigenvalue weighted by Crippen LogP contribution is 2.42. The standard InChI is InChI=1S/C31H45N2O3P/c1-24(2)20-26(32-37(36,28-16-9-7-10-17-28)29-18-11-8-12-19-29)14-13-15-27(34)21-25-22-30(3,4)33(35)31(5,6)23-25/h7-14,16-19,24-26,35H,15,20-23H2,1-6H3,(H,32,36)/b14-13-. The Morgan fingerprint density at radius 2 is 1.49 bits per heavy atom. The van der Waals surface area contributed by atoms with Gasteiger partial charge in [-0.05, 0) is 83.1 Å². The number of carbonyl (C=O) groups is 1. The zero-order valence-electron chi connectivity index (χ0n) is 23.4. The fraction of sp³-hybridized carbons (Fsp3) is 0.516.